The van der Waals surface area contributed by atoms with E-state index in [0.717, 1.165) is 6.08 Å². The van der Waals surface area contributed by atoms with Crippen molar-refractivity contribution in [3.8, 4) is 0 Å². The third kappa shape index (κ3) is 1.63. The topological polar surface area (TPSA) is 101 Å². The normalized spacial score (nSPS) is 35.9. The van der Waals surface area contributed by atoms with Gasteiger partial charge >= 0.3 is 0 Å². The van der Waals surface area contributed by atoms with Crippen LogP contribution in [0, 0.1) is 0 Å². The Hall–Kier alpha value is -0.910. The second-order valence-electron chi connectivity index (χ2n) is 2.73. The highest BCUT2D eigenvalue weighted by atomic mass is 16.4. The van der Waals surface area contributed by atoms with Crippen molar-refractivity contribution in [2.24, 2.45) is 0 Å². The van der Waals surface area contributed by atoms with Gasteiger partial charge in [-0.05, 0) is 11.6 Å². The molecule has 5 nitrogen and oxygen atoms in total. The second-order valence-corrected chi connectivity index (χ2v) is 2.73. The minimum atomic E-state index is -1.43. The van der Waals surface area contributed by atoms with E-state index in [1.54, 1.807) is 0 Å². The Labute approximate surface area is 68.6 Å². The molecule has 0 spiro atoms. The van der Waals surface area contributed by atoms with Crippen LogP contribution < -0.4 is 5.11 Å². The zero-order valence-electron chi connectivity index (χ0n) is 6.17. The van der Waals surface area contributed by atoms with Gasteiger partial charge in [0, 0.05) is 6.42 Å². The summed E-state index contributed by atoms with van der Waals surface area (Å²) in [6, 6.07) is 0. The first-order chi connectivity index (χ1) is 5.52. The van der Waals surface area contributed by atoms with E-state index in [-0.39, 0.29) is 12.0 Å². The highest BCUT2D eigenvalue weighted by Crippen LogP contribution is 2.18. The van der Waals surface area contributed by atoms with E-state index >= 15 is 0 Å². The maximum atomic E-state index is 10.3. The number of aliphatic carboxylic acids is 1. The van der Waals surface area contributed by atoms with Crippen LogP contribution in [0.4, 0.5) is 0 Å². The number of carbonyl (C=O) groups excluding carboxylic acids is 1. The van der Waals surface area contributed by atoms with Crippen LogP contribution in [0.2, 0.25) is 0 Å². The average Bonchev–Trinajstić information content (AvgIpc) is 1.99. The van der Waals surface area contributed by atoms with Crippen LogP contribution in [0.25, 0.3) is 0 Å². The first-order valence-electron chi connectivity index (χ1n) is 3.48. The summed E-state index contributed by atoms with van der Waals surface area (Å²) in [5, 5.41) is 37.3. The van der Waals surface area contributed by atoms with E-state index in [2.05, 4.69) is 0 Å². The third-order valence-electron chi connectivity index (χ3n) is 1.81. The van der Waals surface area contributed by atoms with E-state index in [4.69, 9.17) is 15.3 Å². The van der Waals surface area contributed by atoms with Crippen LogP contribution in [0.1, 0.15) is 6.42 Å². The molecule has 0 aliphatic heterocycles. The zero-order valence-corrected chi connectivity index (χ0v) is 6.17. The molecule has 1 rings (SSSR count). The highest BCUT2D eigenvalue weighted by molar-refractivity contribution is 5.85. The fourth-order valence-corrected chi connectivity index (χ4v) is 1.10. The summed E-state index contributed by atoms with van der Waals surface area (Å²) in [5.74, 6) is -1.43. The van der Waals surface area contributed by atoms with Gasteiger partial charge in [0.05, 0.1) is 12.1 Å². The molecule has 1 aliphatic rings. The monoisotopic (exact) mass is 173 g/mol. The molecule has 3 atom stereocenters. The van der Waals surface area contributed by atoms with Crippen LogP contribution in [0.5, 0.6) is 0 Å². The summed E-state index contributed by atoms with van der Waals surface area (Å²) in [6.45, 7) is 0. The van der Waals surface area contributed by atoms with Gasteiger partial charge in [0.15, 0.2) is 0 Å². The molecule has 12 heavy (non-hydrogen) atoms. The van der Waals surface area contributed by atoms with Gasteiger partial charge in [-0.3, -0.25) is 0 Å². The van der Waals surface area contributed by atoms with E-state index in [9.17, 15) is 9.90 Å². The Morgan fingerprint density at radius 3 is 2.50 bits per heavy atom. The average molecular weight is 173 g/mol. The van der Waals surface area contributed by atoms with Gasteiger partial charge in [-0.25, -0.2) is 0 Å². The predicted octanol–water partition coefficient (Wildman–Crippen LogP) is -2.85. The molecule has 0 radical (unpaired) electrons. The predicted molar refractivity (Wildman–Crippen MR) is 35.7 cm³/mol. The molecule has 0 saturated heterocycles. The van der Waals surface area contributed by atoms with Crippen LogP contribution in [-0.2, 0) is 4.79 Å². The molecule has 0 fully saturated rings. The van der Waals surface area contributed by atoms with Crippen molar-refractivity contribution in [2.75, 3.05) is 0 Å². The van der Waals surface area contributed by atoms with Crippen LogP contribution in [0.3, 0.4) is 0 Å². The molecule has 0 unspecified atom stereocenters. The molecule has 0 amide bonds. The molecule has 0 saturated carbocycles. The van der Waals surface area contributed by atoms with Crippen molar-refractivity contribution < 1.29 is 25.2 Å². The highest BCUT2D eigenvalue weighted by Gasteiger charge is 2.29. The van der Waals surface area contributed by atoms with E-state index in [1.807, 2.05) is 0 Å². The number of carboxylic acids is 1. The maximum Gasteiger partial charge on any atom is 0.110 e. The lowest BCUT2D eigenvalue weighted by Crippen LogP contribution is -2.42. The largest absolute Gasteiger partial charge is 0.545 e. The van der Waals surface area contributed by atoms with Crippen LogP contribution in [-0.4, -0.2) is 39.6 Å². The Morgan fingerprint density at radius 2 is 2.08 bits per heavy atom. The molecule has 68 valence electrons. The molecule has 3 N–H and O–H groups in total. The van der Waals surface area contributed by atoms with Crippen molar-refractivity contribution in [1.82, 2.24) is 0 Å². The standard InChI is InChI=1S/C7H10O5/c8-4-1-3(7(11)12)2-5(9)6(4)10/h1,4-6,8-10H,2H2,(H,11,12)/p-1/t4-,5+,6+/m1/s1. The lowest BCUT2D eigenvalue weighted by Gasteiger charge is -2.27. The lowest BCUT2D eigenvalue weighted by atomic mass is 9.92. The van der Waals surface area contributed by atoms with Gasteiger partial charge < -0.3 is 25.2 Å². The number of aliphatic hydroxyl groups is 3. The number of hydrogen-bond acceptors (Lipinski definition) is 5. The number of hydrogen-bond donors (Lipinski definition) is 3. The number of aliphatic hydroxyl groups excluding tert-OH is 3. The van der Waals surface area contributed by atoms with E-state index in [0.29, 0.717) is 0 Å². The fraction of sp³-hybridized carbons (Fsp3) is 0.571. The summed E-state index contributed by atoms with van der Waals surface area (Å²) in [6.07, 6.45) is -3.10. The van der Waals surface area contributed by atoms with Crippen molar-refractivity contribution in [3.05, 3.63) is 11.6 Å². The molecular weight excluding hydrogens is 164 g/mol. The SMILES string of the molecule is O=C([O-])C1=C[C@@H](O)[C@H](O)[C@@H](O)C1. The first kappa shape index (κ1) is 9.18. The smallest absolute Gasteiger partial charge is 0.110 e. The van der Waals surface area contributed by atoms with E-state index < -0.39 is 24.3 Å². The van der Waals surface area contributed by atoms with Crippen molar-refractivity contribution in [1.29, 1.82) is 0 Å². The Bertz CT molecular complexity index is 222. The van der Waals surface area contributed by atoms with Gasteiger partial charge in [0.25, 0.3) is 0 Å². The van der Waals surface area contributed by atoms with Crippen molar-refractivity contribution in [3.63, 3.8) is 0 Å². The summed E-state index contributed by atoms with van der Waals surface area (Å²) in [5.41, 5.74) is -0.180. The Kier molecular flexibility index (Phi) is 2.46. The second kappa shape index (κ2) is 3.22. The van der Waals surface area contributed by atoms with Crippen molar-refractivity contribution in [2.45, 2.75) is 24.7 Å². The summed E-state index contributed by atoms with van der Waals surface area (Å²) in [4.78, 5) is 10.3. The van der Waals surface area contributed by atoms with Crippen LogP contribution >= 0.6 is 0 Å². The van der Waals surface area contributed by atoms with Gasteiger partial charge in [-0.15, -0.1) is 0 Å². The molecule has 0 aromatic rings. The first-order valence-corrected chi connectivity index (χ1v) is 3.48. The lowest BCUT2D eigenvalue weighted by molar-refractivity contribution is -0.300. The van der Waals surface area contributed by atoms with Crippen LogP contribution in [0.15, 0.2) is 11.6 Å². The molecular formula is C7H9O5-. The quantitative estimate of drug-likeness (QED) is 0.396. The summed E-state index contributed by atoms with van der Waals surface area (Å²) in [7, 11) is 0. The van der Waals surface area contributed by atoms with Crippen molar-refractivity contribution >= 4 is 5.97 Å². The Balaban J connectivity index is 2.81. The maximum absolute atomic E-state index is 10.3. The molecule has 5 heteroatoms. The number of carboxylic acid groups (broad SMARTS) is 1. The summed E-state index contributed by atoms with van der Waals surface area (Å²) >= 11 is 0. The van der Waals surface area contributed by atoms with Gasteiger partial charge in [0.2, 0.25) is 0 Å². The third-order valence-corrected chi connectivity index (χ3v) is 1.81. The molecule has 1 aliphatic carbocycles. The molecule has 0 aromatic heterocycles. The van der Waals surface area contributed by atoms with E-state index in [1.165, 1.54) is 0 Å². The molecule has 0 heterocycles. The van der Waals surface area contributed by atoms with Gasteiger partial charge in [0.1, 0.15) is 12.2 Å². The molecule has 0 bridgehead atoms. The Morgan fingerprint density at radius 1 is 1.50 bits per heavy atom. The minimum absolute atomic E-state index is 0.180. The summed E-state index contributed by atoms with van der Waals surface area (Å²) < 4.78 is 0. The van der Waals surface area contributed by atoms with Gasteiger partial charge in [-0.2, -0.15) is 0 Å². The zero-order chi connectivity index (χ0) is 9.30. The fourth-order valence-electron chi connectivity index (χ4n) is 1.10. The molecule has 0 aromatic carbocycles. The number of carbonyl (C=O) groups is 1. The number of rotatable bonds is 1. The van der Waals surface area contributed by atoms with Gasteiger partial charge in [-0.1, -0.05) is 0 Å². The minimum Gasteiger partial charge on any atom is -0.545 e.